The van der Waals surface area contributed by atoms with Crippen LogP contribution in [0.25, 0.3) is 10.9 Å². The van der Waals surface area contributed by atoms with Crippen LogP contribution in [0.15, 0.2) is 23.0 Å². The zero-order valence-corrected chi connectivity index (χ0v) is 10.4. The van der Waals surface area contributed by atoms with Crippen molar-refractivity contribution < 1.29 is 0 Å². The Labute approximate surface area is 100 Å². The maximum Gasteiger partial charge on any atom is 0.262 e. The Hall–Kier alpha value is -1.84. The summed E-state index contributed by atoms with van der Waals surface area (Å²) in [6.07, 6.45) is 0.979. The molecule has 0 amide bonds. The number of nitrogen functional groups attached to an aromatic ring is 1. The van der Waals surface area contributed by atoms with E-state index in [1.807, 2.05) is 18.2 Å². The second kappa shape index (κ2) is 4.20. The highest BCUT2D eigenvalue weighted by Crippen LogP contribution is 2.14. The Balaban J connectivity index is 2.63. The first kappa shape index (κ1) is 11.6. The predicted molar refractivity (Wildman–Crippen MR) is 69.9 cm³/mol. The summed E-state index contributed by atoms with van der Waals surface area (Å²) in [4.78, 5) is 16.2. The fraction of sp³-hybridized carbons (Fsp3) is 0.385. The van der Waals surface area contributed by atoms with Crippen LogP contribution in [0.4, 0.5) is 5.95 Å². The molecule has 0 spiro atoms. The number of fused-ring (bicyclic) bond motifs is 1. The van der Waals surface area contributed by atoms with E-state index in [1.165, 1.54) is 10.1 Å². The van der Waals surface area contributed by atoms with Crippen molar-refractivity contribution in [2.45, 2.75) is 20.3 Å². The fourth-order valence-electron chi connectivity index (χ4n) is 1.93. The van der Waals surface area contributed by atoms with Crippen LogP contribution in [0.3, 0.4) is 0 Å². The summed E-state index contributed by atoms with van der Waals surface area (Å²) >= 11 is 0. The predicted octanol–water partition coefficient (Wildman–Crippen LogP) is 1.71. The molecule has 4 heteroatoms. The topological polar surface area (TPSA) is 60.9 Å². The molecule has 17 heavy (non-hydrogen) atoms. The normalized spacial score (nSPS) is 11.3. The number of hydrogen-bond donors (Lipinski definition) is 1. The Bertz CT molecular complexity index is 614. The second-order valence-electron chi connectivity index (χ2n) is 4.78. The molecule has 0 aliphatic heterocycles. The Morgan fingerprint density at radius 3 is 2.76 bits per heavy atom. The third kappa shape index (κ3) is 2.16. The maximum atomic E-state index is 11.9. The molecule has 1 aromatic heterocycles. The van der Waals surface area contributed by atoms with Crippen molar-refractivity contribution in [1.82, 2.24) is 9.55 Å². The fourth-order valence-corrected chi connectivity index (χ4v) is 1.93. The summed E-state index contributed by atoms with van der Waals surface area (Å²) in [5.74, 6) is 0.834. The minimum Gasteiger partial charge on any atom is -0.369 e. The minimum atomic E-state index is -0.0939. The zero-order chi connectivity index (χ0) is 12.6. The van der Waals surface area contributed by atoms with Crippen LogP contribution in [0.5, 0.6) is 0 Å². The van der Waals surface area contributed by atoms with E-state index in [2.05, 4.69) is 18.8 Å². The van der Waals surface area contributed by atoms with Crippen molar-refractivity contribution in [3.8, 4) is 0 Å². The molecule has 0 fully saturated rings. The van der Waals surface area contributed by atoms with Gasteiger partial charge in [0.15, 0.2) is 0 Å². The van der Waals surface area contributed by atoms with Crippen LogP contribution in [0.1, 0.15) is 19.4 Å². The maximum absolute atomic E-state index is 11.9. The van der Waals surface area contributed by atoms with Gasteiger partial charge in [-0.25, -0.2) is 4.98 Å². The average molecular weight is 231 g/mol. The quantitative estimate of drug-likeness (QED) is 0.856. The number of anilines is 1. The van der Waals surface area contributed by atoms with Crippen molar-refractivity contribution in [2.75, 3.05) is 5.73 Å². The van der Waals surface area contributed by atoms with Gasteiger partial charge in [0.1, 0.15) is 0 Å². The highest BCUT2D eigenvalue weighted by Gasteiger charge is 2.07. The first-order valence-electron chi connectivity index (χ1n) is 5.74. The minimum absolute atomic E-state index is 0.0939. The molecule has 2 aromatic rings. The number of rotatable bonds is 2. The number of hydrogen-bond acceptors (Lipinski definition) is 3. The van der Waals surface area contributed by atoms with Gasteiger partial charge in [-0.05, 0) is 30.0 Å². The standard InChI is InChI=1S/C13H17N3O/c1-8(2)6-9-4-5-10-11(7-9)15-13(14)16(3)12(10)17/h4-5,7-8H,6H2,1-3H3,(H2,14,15). The lowest BCUT2D eigenvalue weighted by atomic mass is 10.0. The zero-order valence-electron chi connectivity index (χ0n) is 10.4. The van der Waals surface area contributed by atoms with Gasteiger partial charge in [-0.15, -0.1) is 0 Å². The van der Waals surface area contributed by atoms with Crippen molar-refractivity contribution in [3.63, 3.8) is 0 Å². The van der Waals surface area contributed by atoms with E-state index in [1.54, 1.807) is 7.05 Å². The molecule has 0 bridgehead atoms. The summed E-state index contributed by atoms with van der Waals surface area (Å²) < 4.78 is 1.37. The number of nitrogens with zero attached hydrogens (tertiary/aromatic N) is 2. The molecule has 2 N–H and O–H groups in total. The van der Waals surface area contributed by atoms with Gasteiger partial charge in [-0.1, -0.05) is 19.9 Å². The van der Waals surface area contributed by atoms with Crippen LogP contribution in [-0.2, 0) is 13.5 Å². The SMILES string of the molecule is CC(C)Cc1ccc2c(=O)n(C)c(N)nc2c1. The highest BCUT2D eigenvalue weighted by atomic mass is 16.1. The largest absolute Gasteiger partial charge is 0.369 e. The van der Waals surface area contributed by atoms with Gasteiger partial charge in [-0.3, -0.25) is 9.36 Å². The molecule has 4 nitrogen and oxygen atoms in total. The summed E-state index contributed by atoms with van der Waals surface area (Å²) in [6.45, 7) is 4.33. The molecule has 0 atom stereocenters. The lowest BCUT2D eigenvalue weighted by Gasteiger charge is -2.08. The molecule has 0 unspecified atom stereocenters. The van der Waals surface area contributed by atoms with Crippen LogP contribution in [0, 0.1) is 5.92 Å². The molecular weight excluding hydrogens is 214 g/mol. The van der Waals surface area contributed by atoms with Crippen molar-refractivity contribution in [3.05, 3.63) is 34.1 Å². The molecule has 1 heterocycles. The molecule has 90 valence electrons. The van der Waals surface area contributed by atoms with Crippen molar-refractivity contribution in [1.29, 1.82) is 0 Å². The van der Waals surface area contributed by atoms with E-state index in [9.17, 15) is 4.79 Å². The lowest BCUT2D eigenvalue weighted by Crippen LogP contribution is -2.21. The third-order valence-electron chi connectivity index (χ3n) is 2.82. The second-order valence-corrected chi connectivity index (χ2v) is 4.78. The van der Waals surface area contributed by atoms with Crippen molar-refractivity contribution in [2.24, 2.45) is 13.0 Å². The Kier molecular flexibility index (Phi) is 2.88. The van der Waals surface area contributed by atoms with Crippen LogP contribution < -0.4 is 11.3 Å². The molecule has 0 saturated carbocycles. The number of nitrogens with two attached hydrogens (primary N) is 1. The molecule has 0 radical (unpaired) electrons. The van der Waals surface area contributed by atoms with Crippen LogP contribution >= 0.6 is 0 Å². The summed E-state index contributed by atoms with van der Waals surface area (Å²) in [5, 5.41) is 0.620. The van der Waals surface area contributed by atoms with E-state index >= 15 is 0 Å². The van der Waals surface area contributed by atoms with Gasteiger partial charge in [-0.2, -0.15) is 0 Å². The molecule has 0 aliphatic rings. The summed E-state index contributed by atoms with van der Waals surface area (Å²) in [6, 6.07) is 5.77. The third-order valence-corrected chi connectivity index (χ3v) is 2.82. The monoisotopic (exact) mass is 231 g/mol. The Morgan fingerprint density at radius 1 is 1.41 bits per heavy atom. The van der Waals surface area contributed by atoms with E-state index in [0.29, 0.717) is 16.8 Å². The first-order chi connectivity index (χ1) is 7.99. The van der Waals surface area contributed by atoms with Gasteiger partial charge in [0.2, 0.25) is 5.95 Å². The van der Waals surface area contributed by atoms with Gasteiger partial charge in [0.05, 0.1) is 10.9 Å². The van der Waals surface area contributed by atoms with Gasteiger partial charge in [0.25, 0.3) is 5.56 Å². The van der Waals surface area contributed by atoms with Gasteiger partial charge >= 0.3 is 0 Å². The smallest absolute Gasteiger partial charge is 0.262 e. The first-order valence-corrected chi connectivity index (χ1v) is 5.74. The number of aromatic nitrogens is 2. The van der Waals surface area contributed by atoms with Gasteiger partial charge < -0.3 is 5.73 Å². The van der Waals surface area contributed by atoms with Crippen molar-refractivity contribution >= 4 is 16.9 Å². The van der Waals surface area contributed by atoms with Crippen LogP contribution in [0.2, 0.25) is 0 Å². The number of benzene rings is 1. The van der Waals surface area contributed by atoms with E-state index < -0.39 is 0 Å². The van der Waals surface area contributed by atoms with E-state index in [0.717, 1.165) is 6.42 Å². The Morgan fingerprint density at radius 2 is 2.12 bits per heavy atom. The van der Waals surface area contributed by atoms with Crippen LogP contribution in [-0.4, -0.2) is 9.55 Å². The highest BCUT2D eigenvalue weighted by molar-refractivity contribution is 5.79. The molecule has 0 aliphatic carbocycles. The molecule has 0 saturated heterocycles. The van der Waals surface area contributed by atoms with Gasteiger partial charge in [0, 0.05) is 7.05 Å². The van der Waals surface area contributed by atoms with E-state index in [4.69, 9.17) is 5.73 Å². The van der Waals surface area contributed by atoms with E-state index in [-0.39, 0.29) is 11.5 Å². The molecular formula is C13H17N3O. The summed E-state index contributed by atoms with van der Waals surface area (Å²) in [7, 11) is 1.63. The average Bonchev–Trinajstić information content (AvgIpc) is 2.25. The summed E-state index contributed by atoms with van der Waals surface area (Å²) in [5.41, 5.74) is 7.47. The molecule has 1 aromatic carbocycles. The molecule has 2 rings (SSSR count). The lowest BCUT2D eigenvalue weighted by molar-refractivity contribution is 0.647.